The third-order valence-corrected chi connectivity index (χ3v) is 5.11. The molecule has 0 amide bonds. The van der Waals surface area contributed by atoms with E-state index in [9.17, 15) is 0 Å². The number of aryl methyl sites for hydroxylation is 1. The van der Waals surface area contributed by atoms with Gasteiger partial charge in [-0.05, 0) is 47.2 Å². The van der Waals surface area contributed by atoms with E-state index in [1.54, 1.807) is 0 Å². The monoisotopic (exact) mass is 327 g/mol. The summed E-state index contributed by atoms with van der Waals surface area (Å²) in [5.41, 5.74) is 1.65. The molecule has 1 N–H and O–H groups in total. The smallest absolute Gasteiger partial charge is 0.0697 e. The molecule has 0 aliphatic heterocycles. The van der Waals surface area contributed by atoms with Crippen LogP contribution in [0.5, 0.6) is 0 Å². The molecule has 108 valence electrons. The summed E-state index contributed by atoms with van der Waals surface area (Å²) in [6, 6.07) is 0.398. The number of hydrogen-bond donors (Lipinski definition) is 1. The number of nitrogens with zero attached hydrogens (tertiary/aromatic N) is 2. The lowest BCUT2D eigenvalue weighted by atomic mass is 9.69. The van der Waals surface area contributed by atoms with Crippen LogP contribution in [0.15, 0.2) is 10.7 Å². The lowest BCUT2D eigenvalue weighted by Gasteiger charge is -2.41. The fourth-order valence-electron chi connectivity index (χ4n) is 3.35. The molecule has 0 saturated heterocycles. The maximum atomic E-state index is 4.40. The van der Waals surface area contributed by atoms with Gasteiger partial charge in [0.05, 0.1) is 22.4 Å². The molecule has 1 aromatic heterocycles. The van der Waals surface area contributed by atoms with Crippen molar-refractivity contribution in [1.82, 2.24) is 15.1 Å². The van der Waals surface area contributed by atoms with Crippen LogP contribution >= 0.6 is 15.9 Å². The Hall–Kier alpha value is -0.350. The van der Waals surface area contributed by atoms with Crippen molar-refractivity contribution in [2.75, 3.05) is 6.54 Å². The lowest BCUT2D eigenvalue weighted by molar-refractivity contribution is 0.139. The second kappa shape index (κ2) is 6.40. The molecule has 0 spiro atoms. The van der Waals surface area contributed by atoms with E-state index >= 15 is 0 Å². The first kappa shape index (κ1) is 15.0. The fraction of sp³-hybridized carbons (Fsp3) is 0.800. The van der Waals surface area contributed by atoms with E-state index in [0.717, 1.165) is 11.0 Å². The largest absolute Gasteiger partial charge is 0.308 e. The standard InChI is InChI=1S/C15H26BrN3/c1-4-10-17-14(13-12(16)11-18-19(13)3)15(2)8-6-5-7-9-15/h11,14,17H,4-10H2,1-3H3. The van der Waals surface area contributed by atoms with Gasteiger partial charge in [-0.2, -0.15) is 5.10 Å². The van der Waals surface area contributed by atoms with Crippen molar-refractivity contribution < 1.29 is 0 Å². The highest BCUT2D eigenvalue weighted by molar-refractivity contribution is 9.10. The van der Waals surface area contributed by atoms with Crippen LogP contribution in [-0.2, 0) is 7.05 Å². The summed E-state index contributed by atoms with van der Waals surface area (Å²) in [6.45, 7) is 5.74. The Kier molecular flexibility index (Phi) is 5.07. The minimum atomic E-state index is 0.351. The Morgan fingerprint density at radius 2 is 2.11 bits per heavy atom. The number of nitrogens with one attached hydrogen (secondary N) is 1. The van der Waals surface area contributed by atoms with Crippen molar-refractivity contribution in [3.05, 3.63) is 16.4 Å². The van der Waals surface area contributed by atoms with Crippen LogP contribution in [0.3, 0.4) is 0 Å². The predicted molar refractivity (Wildman–Crippen MR) is 83.1 cm³/mol. The topological polar surface area (TPSA) is 29.9 Å². The molecule has 1 fully saturated rings. The minimum Gasteiger partial charge on any atom is -0.308 e. The summed E-state index contributed by atoms with van der Waals surface area (Å²) in [5, 5.41) is 8.17. The third-order valence-electron chi connectivity index (χ3n) is 4.50. The summed E-state index contributed by atoms with van der Waals surface area (Å²) in [5.74, 6) is 0. The molecule has 0 aromatic carbocycles. The van der Waals surface area contributed by atoms with E-state index in [2.05, 4.69) is 40.2 Å². The second-order valence-corrected chi connectivity index (χ2v) is 6.96. The van der Waals surface area contributed by atoms with Gasteiger partial charge < -0.3 is 5.32 Å². The molecule has 1 heterocycles. The number of hydrogen-bond acceptors (Lipinski definition) is 2. The van der Waals surface area contributed by atoms with Crippen molar-refractivity contribution in [1.29, 1.82) is 0 Å². The van der Waals surface area contributed by atoms with Crippen LogP contribution in [0.25, 0.3) is 0 Å². The fourth-order valence-corrected chi connectivity index (χ4v) is 3.93. The first-order chi connectivity index (χ1) is 9.08. The highest BCUT2D eigenvalue weighted by atomic mass is 79.9. The van der Waals surface area contributed by atoms with E-state index in [1.165, 1.54) is 44.2 Å². The Balaban J connectivity index is 2.29. The van der Waals surface area contributed by atoms with Gasteiger partial charge in [0.15, 0.2) is 0 Å². The quantitative estimate of drug-likeness (QED) is 0.878. The van der Waals surface area contributed by atoms with Crippen LogP contribution in [-0.4, -0.2) is 16.3 Å². The molecule has 19 heavy (non-hydrogen) atoms. The molecule has 1 aromatic rings. The number of aromatic nitrogens is 2. The molecule has 0 radical (unpaired) electrons. The Morgan fingerprint density at radius 1 is 1.42 bits per heavy atom. The second-order valence-electron chi connectivity index (χ2n) is 6.10. The average molecular weight is 328 g/mol. The van der Waals surface area contributed by atoms with Gasteiger partial charge >= 0.3 is 0 Å². The predicted octanol–water partition coefficient (Wildman–Crippen LogP) is 4.19. The molecule has 4 heteroatoms. The highest BCUT2D eigenvalue weighted by Gasteiger charge is 2.38. The molecular weight excluding hydrogens is 302 g/mol. The zero-order valence-electron chi connectivity index (χ0n) is 12.4. The van der Waals surface area contributed by atoms with Crippen molar-refractivity contribution in [3.8, 4) is 0 Å². The maximum absolute atomic E-state index is 4.40. The molecule has 1 atom stereocenters. The van der Waals surface area contributed by atoms with Crippen molar-refractivity contribution in [3.63, 3.8) is 0 Å². The van der Waals surface area contributed by atoms with Crippen LogP contribution in [0.2, 0.25) is 0 Å². The lowest BCUT2D eigenvalue weighted by Crippen LogP contribution is -2.39. The molecular formula is C15H26BrN3. The van der Waals surface area contributed by atoms with Crippen LogP contribution in [0.1, 0.15) is 64.1 Å². The third kappa shape index (κ3) is 3.22. The molecule has 1 aliphatic carbocycles. The van der Waals surface area contributed by atoms with E-state index < -0.39 is 0 Å². The zero-order valence-corrected chi connectivity index (χ0v) is 14.0. The van der Waals surface area contributed by atoms with Crippen LogP contribution in [0, 0.1) is 5.41 Å². The molecule has 0 bridgehead atoms. The molecule has 2 rings (SSSR count). The van der Waals surface area contributed by atoms with E-state index in [-0.39, 0.29) is 0 Å². The molecule has 1 aliphatic rings. The first-order valence-corrected chi connectivity index (χ1v) is 8.28. The van der Waals surface area contributed by atoms with Gasteiger partial charge in [0.1, 0.15) is 0 Å². The highest BCUT2D eigenvalue weighted by Crippen LogP contribution is 2.46. The van der Waals surface area contributed by atoms with Gasteiger partial charge in [0, 0.05) is 7.05 Å². The molecule has 3 nitrogen and oxygen atoms in total. The Morgan fingerprint density at radius 3 is 2.63 bits per heavy atom. The first-order valence-electron chi connectivity index (χ1n) is 7.49. The summed E-state index contributed by atoms with van der Waals surface area (Å²) >= 11 is 3.68. The van der Waals surface area contributed by atoms with E-state index in [0.29, 0.717) is 11.5 Å². The van der Waals surface area contributed by atoms with Crippen LogP contribution in [0.4, 0.5) is 0 Å². The Labute approximate surface area is 125 Å². The van der Waals surface area contributed by atoms with Crippen LogP contribution < -0.4 is 5.32 Å². The Bertz CT molecular complexity index is 388. The van der Waals surface area contributed by atoms with Gasteiger partial charge in [-0.25, -0.2) is 0 Å². The van der Waals surface area contributed by atoms with Gasteiger partial charge in [0.2, 0.25) is 0 Å². The minimum absolute atomic E-state index is 0.351. The SMILES string of the molecule is CCCNC(c1c(Br)cnn1C)C1(C)CCCCC1. The summed E-state index contributed by atoms with van der Waals surface area (Å²) in [7, 11) is 2.05. The van der Waals surface area contributed by atoms with Crippen molar-refractivity contribution in [2.45, 2.75) is 58.4 Å². The molecule has 1 saturated carbocycles. The van der Waals surface area contributed by atoms with Gasteiger partial charge in [-0.3, -0.25) is 4.68 Å². The maximum Gasteiger partial charge on any atom is 0.0697 e. The number of rotatable bonds is 5. The summed E-state index contributed by atoms with van der Waals surface area (Å²) in [6.07, 6.45) is 9.82. The summed E-state index contributed by atoms with van der Waals surface area (Å²) in [4.78, 5) is 0. The molecule has 1 unspecified atom stereocenters. The van der Waals surface area contributed by atoms with E-state index in [4.69, 9.17) is 0 Å². The van der Waals surface area contributed by atoms with Crippen molar-refractivity contribution in [2.24, 2.45) is 12.5 Å². The normalized spacial score (nSPS) is 20.4. The zero-order chi connectivity index (χ0) is 13.9. The number of halogens is 1. The van der Waals surface area contributed by atoms with Gasteiger partial charge in [0.25, 0.3) is 0 Å². The van der Waals surface area contributed by atoms with Crippen molar-refractivity contribution >= 4 is 15.9 Å². The van der Waals surface area contributed by atoms with Gasteiger partial charge in [-0.1, -0.05) is 33.1 Å². The van der Waals surface area contributed by atoms with Gasteiger partial charge in [-0.15, -0.1) is 0 Å². The summed E-state index contributed by atoms with van der Waals surface area (Å²) < 4.78 is 3.16. The van der Waals surface area contributed by atoms with E-state index in [1.807, 2.05) is 17.9 Å². The average Bonchev–Trinajstić information content (AvgIpc) is 2.72.